The first kappa shape index (κ1) is 14.4. The maximum Gasteiger partial charge on any atom is 0.317 e. The fraction of sp³-hybridized carbons (Fsp3) is 0.588. The predicted octanol–water partition coefficient (Wildman–Crippen LogP) is 2.57. The van der Waals surface area contributed by atoms with Crippen LogP contribution >= 0.6 is 0 Å². The zero-order chi connectivity index (χ0) is 15.0. The Labute approximate surface area is 126 Å². The Morgan fingerprint density at radius 3 is 3.10 bits per heavy atom. The van der Waals surface area contributed by atoms with Gasteiger partial charge in [-0.3, -0.25) is 0 Å². The molecular formula is C17H24N2O2. The van der Waals surface area contributed by atoms with Crippen molar-refractivity contribution in [2.45, 2.75) is 50.6 Å². The summed E-state index contributed by atoms with van der Waals surface area (Å²) in [7, 11) is 1.73. The van der Waals surface area contributed by atoms with Crippen molar-refractivity contribution in [3.63, 3.8) is 0 Å². The molecule has 2 N–H and O–H groups in total. The largest absolute Gasteiger partial charge is 0.394 e. The molecule has 4 heteroatoms. The van der Waals surface area contributed by atoms with E-state index in [2.05, 4.69) is 23.5 Å². The van der Waals surface area contributed by atoms with E-state index in [1.165, 1.54) is 36.0 Å². The summed E-state index contributed by atoms with van der Waals surface area (Å²) in [6.45, 7) is 1.83. The number of rotatable bonds is 3. The first-order valence-corrected chi connectivity index (χ1v) is 7.87. The Hall–Kier alpha value is -1.55. The van der Waals surface area contributed by atoms with E-state index in [0.29, 0.717) is 5.92 Å². The van der Waals surface area contributed by atoms with Crippen LogP contribution in [-0.4, -0.2) is 35.7 Å². The van der Waals surface area contributed by atoms with Gasteiger partial charge in [-0.15, -0.1) is 0 Å². The summed E-state index contributed by atoms with van der Waals surface area (Å²) in [4.78, 5) is 13.9. The molecule has 0 saturated carbocycles. The van der Waals surface area contributed by atoms with Gasteiger partial charge in [0, 0.05) is 7.05 Å². The quantitative estimate of drug-likeness (QED) is 0.898. The molecule has 0 aliphatic heterocycles. The molecule has 0 fully saturated rings. The van der Waals surface area contributed by atoms with E-state index in [0.717, 1.165) is 6.42 Å². The third kappa shape index (κ3) is 2.53. The molecule has 2 aliphatic carbocycles. The van der Waals surface area contributed by atoms with Crippen molar-refractivity contribution in [1.29, 1.82) is 0 Å². The molecule has 21 heavy (non-hydrogen) atoms. The summed E-state index contributed by atoms with van der Waals surface area (Å²) in [6.07, 6.45) is 4.67. The minimum atomic E-state index is -0.163. The third-order valence-electron chi connectivity index (χ3n) is 5.08. The van der Waals surface area contributed by atoms with Crippen molar-refractivity contribution in [3.05, 3.63) is 34.9 Å². The number of aliphatic hydroxyl groups excluding tert-OH is 1. The number of nitrogens with one attached hydrogen (secondary N) is 1. The molecule has 0 aromatic heterocycles. The summed E-state index contributed by atoms with van der Waals surface area (Å²) >= 11 is 0. The Balaban J connectivity index is 1.78. The van der Waals surface area contributed by atoms with E-state index in [-0.39, 0.29) is 24.7 Å². The van der Waals surface area contributed by atoms with E-state index in [9.17, 15) is 9.90 Å². The molecule has 2 aliphatic rings. The number of carbonyl (C=O) groups excluding carboxylic acids is 1. The van der Waals surface area contributed by atoms with Crippen LogP contribution in [0.2, 0.25) is 0 Å². The molecule has 1 aromatic rings. The number of aryl methyl sites for hydroxylation is 1. The maximum absolute atomic E-state index is 12.3. The van der Waals surface area contributed by atoms with Gasteiger partial charge in [-0.1, -0.05) is 18.2 Å². The molecule has 1 aromatic carbocycles. The molecule has 0 heterocycles. The van der Waals surface area contributed by atoms with Gasteiger partial charge in [0.2, 0.25) is 0 Å². The molecule has 0 spiro atoms. The molecule has 0 bridgehead atoms. The van der Waals surface area contributed by atoms with Gasteiger partial charge in [-0.05, 0) is 55.2 Å². The van der Waals surface area contributed by atoms with Crippen LogP contribution in [0.3, 0.4) is 0 Å². The number of amides is 2. The predicted molar refractivity (Wildman–Crippen MR) is 82.3 cm³/mol. The van der Waals surface area contributed by atoms with E-state index in [4.69, 9.17) is 0 Å². The summed E-state index contributed by atoms with van der Waals surface area (Å²) in [5.41, 5.74) is 4.26. The van der Waals surface area contributed by atoms with Crippen molar-refractivity contribution in [2.24, 2.45) is 0 Å². The van der Waals surface area contributed by atoms with Crippen molar-refractivity contribution in [3.8, 4) is 0 Å². The normalized spacial score (nSPS) is 24.3. The van der Waals surface area contributed by atoms with Crippen LogP contribution in [0.5, 0.6) is 0 Å². The fourth-order valence-electron chi connectivity index (χ4n) is 3.69. The highest BCUT2D eigenvalue weighted by atomic mass is 16.3. The maximum atomic E-state index is 12.3. The third-order valence-corrected chi connectivity index (χ3v) is 5.08. The van der Waals surface area contributed by atoms with E-state index in [1.807, 2.05) is 6.92 Å². The summed E-state index contributed by atoms with van der Waals surface area (Å²) in [5, 5.41) is 12.3. The van der Waals surface area contributed by atoms with Crippen LogP contribution in [-0.2, 0) is 6.42 Å². The van der Waals surface area contributed by atoms with Gasteiger partial charge in [0.1, 0.15) is 0 Å². The summed E-state index contributed by atoms with van der Waals surface area (Å²) in [6, 6.07) is 6.35. The van der Waals surface area contributed by atoms with E-state index < -0.39 is 0 Å². The van der Waals surface area contributed by atoms with Crippen LogP contribution in [0.4, 0.5) is 4.79 Å². The number of benzene rings is 1. The lowest BCUT2D eigenvalue weighted by Crippen LogP contribution is -2.44. The van der Waals surface area contributed by atoms with Gasteiger partial charge < -0.3 is 15.3 Å². The number of hydrogen-bond donors (Lipinski definition) is 2. The van der Waals surface area contributed by atoms with Gasteiger partial charge in [0.15, 0.2) is 0 Å². The topological polar surface area (TPSA) is 52.6 Å². The molecular weight excluding hydrogens is 264 g/mol. The number of carbonyl (C=O) groups is 1. The number of hydrogen-bond acceptors (Lipinski definition) is 2. The standard InChI is InChI=1S/C17H24N2O2/c1-11(10-20)19(2)17(21)18-15-9-13-7-3-5-12-6-4-8-14(15)16(12)13/h4,6,8,11,13,15,20H,3,5,7,9-10H2,1-2H3,(H,18,21). The van der Waals surface area contributed by atoms with Crippen LogP contribution in [0.25, 0.3) is 0 Å². The van der Waals surface area contributed by atoms with Gasteiger partial charge in [0.05, 0.1) is 18.7 Å². The highest BCUT2D eigenvalue weighted by Crippen LogP contribution is 2.47. The van der Waals surface area contributed by atoms with Crippen LogP contribution in [0.15, 0.2) is 18.2 Å². The zero-order valence-corrected chi connectivity index (χ0v) is 12.8. The second-order valence-electron chi connectivity index (χ2n) is 6.39. The number of urea groups is 1. The molecule has 3 rings (SSSR count). The van der Waals surface area contributed by atoms with Gasteiger partial charge in [0.25, 0.3) is 0 Å². The van der Waals surface area contributed by atoms with Crippen molar-refractivity contribution in [2.75, 3.05) is 13.7 Å². The van der Waals surface area contributed by atoms with E-state index >= 15 is 0 Å². The van der Waals surface area contributed by atoms with Crippen LogP contribution in [0.1, 0.15) is 54.8 Å². The highest BCUT2D eigenvalue weighted by Gasteiger charge is 2.35. The summed E-state index contributed by atoms with van der Waals surface area (Å²) in [5.74, 6) is 0.607. The van der Waals surface area contributed by atoms with Gasteiger partial charge in [-0.25, -0.2) is 4.79 Å². The van der Waals surface area contributed by atoms with Gasteiger partial charge >= 0.3 is 6.03 Å². The Bertz CT molecular complexity index is 544. The van der Waals surface area contributed by atoms with Crippen LogP contribution < -0.4 is 5.32 Å². The Morgan fingerprint density at radius 2 is 2.33 bits per heavy atom. The summed E-state index contributed by atoms with van der Waals surface area (Å²) < 4.78 is 0. The second kappa shape index (κ2) is 5.68. The minimum absolute atomic E-state index is 0.0159. The molecule has 4 nitrogen and oxygen atoms in total. The first-order valence-electron chi connectivity index (χ1n) is 7.87. The molecule has 114 valence electrons. The number of aliphatic hydroxyl groups is 1. The van der Waals surface area contributed by atoms with Gasteiger partial charge in [-0.2, -0.15) is 0 Å². The number of nitrogens with zero attached hydrogens (tertiary/aromatic N) is 1. The molecule has 3 unspecified atom stereocenters. The monoisotopic (exact) mass is 288 g/mol. The second-order valence-corrected chi connectivity index (χ2v) is 6.39. The number of likely N-dealkylation sites (N-methyl/N-ethyl adjacent to an activating group) is 1. The smallest absolute Gasteiger partial charge is 0.317 e. The first-order chi connectivity index (χ1) is 10.1. The lowest BCUT2D eigenvalue weighted by molar-refractivity contribution is 0.154. The van der Waals surface area contributed by atoms with Crippen molar-refractivity contribution < 1.29 is 9.90 Å². The lowest BCUT2D eigenvalue weighted by atomic mass is 9.84. The minimum Gasteiger partial charge on any atom is -0.394 e. The molecule has 0 radical (unpaired) electrons. The molecule has 0 saturated heterocycles. The van der Waals surface area contributed by atoms with E-state index in [1.54, 1.807) is 11.9 Å². The average Bonchev–Trinajstić information content (AvgIpc) is 2.86. The Morgan fingerprint density at radius 1 is 1.52 bits per heavy atom. The molecule has 2 amide bonds. The zero-order valence-electron chi connectivity index (χ0n) is 12.8. The van der Waals surface area contributed by atoms with Crippen LogP contribution in [0, 0.1) is 0 Å². The molecule has 3 atom stereocenters. The fourth-order valence-corrected chi connectivity index (χ4v) is 3.69. The SMILES string of the molecule is CC(CO)N(C)C(=O)NC1CC2CCCc3cccc1c32. The lowest BCUT2D eigenvalue weighted by Gasteiger charge is -2.26. The average molecular weight is 288 g/mol. The van der Waals surface area contributed by atoms with Crippen molar-refractivity contribution in [1.82, 2.24) is 10.2 Å². The van der Waals surface area contributed by atoms with Crippen molar-refractivity contribution >= 4 is 6.03 Å². The highest BCUT2D eigenvalue weighted by molar-refractivity contribution is 5.75. The Kier molecular flexibility index (Phi) is 3.89.